The molecule has 112 valence electrons. The molecular weight excluding hydrogens is 274 g/mol. The van der Waals surface area contributed by atoms with Gasteiger partial charge in [0.15, 0.2) is 0 Å². The second kappa shape index (κ2) is 7.84. The van der Waals surface area contributed by atoms with Crippen LogP contribution in [0.2, 0.25) is 5.02 Å². The number of nitrogens with one attached hydrogen (secondary N) is 1. The van der Waals surface area contributed by atoms with E-state index in [9.17, 15) is 0 Å². The molecule has 1 N–H and O–H groups in total. The zero-order chi connectivity index (χ0) is 14.4. The quantitative estimate of drug-likeness (QED) is 0.809. The molecule has 0 saturated carbocycles. The first kappa shape index (κ1) is 15.6. The summed E-state index contributed by atoms with van der Waals surface area (Å²) in [5.74, 6) is 0.890. The van der Waals surface area contributed by atoms with E-state index in [1.807, 2.05) is 18.2 Å². The number of likely N-dealkylation sites (N-methyl/N-ethyl adjacent to an activating group) is 1. The van der Waals surface area contributed by atoms with E-state index in [4.69, 9.17) is 16.3 Å². The van der Waals surface area contributed by atoms with Crippen LogP contribution in [-0.2, 0) is 6.54 Å². The monoisotopic (exact) mass is 297 g/mol. The minimum atomic E-state index is 0.752. The summed E-state index contributed by atoms with van der Waals surface area (Å²) in [6.45, 7) is 7.54. The summed E-state index contributed by atoms with van der Waals surface area (Å²) in [5, 5.41) is 4.22. The van der Waals surface area contributed by atoms with E-state index in [1.54, 1.807) is 7.11 Å². The summed E-state index contributed by atoms with van der Waals surface area (Å²) in [6, 6.07) is 5.73. The van der Waals surface area contributed by atoms with Gasteiger partial charge in [-0.1, -0.05) is 11.6 Å². The average molecular weight is 298 g/mol. The summed E-state index contributed by atoms with van der Waals surface area (Å²) in [6.07, 6.45) is 0. The van der Waals surface area contributed by atoms with Crippen LogP contribution in [0.1, 0.15) is 5.56 Å². The van der Waals surface area contributed by atoms with Gasteiger partial charge >= 0.3 is 0 Å². The number of methoxy groups -OCH3 is 1. The molecule has 1 heterocycles. The van der Waals surface area contributed by atoms with Crippen LogP contribution in [0, 0.1) is 0 Å². The van der Waals surface area contributed by atoms with E-state index in [0.29, 0.717) is 0 Å². The first-order valence-corrected chi connectivity index (χ1v) is 7.51. The highest BCUT2D eigenvalue weighted by Crippen LogP contribution is 2.22. The largest absolute Gasteiger partial charge is 0.496 e. The van der Waals surface area contributed by atoms with Crippen molar-refractivity contribution in [1.82, 2.24) is 15.1 Å². The molecule has 0 unspecified atom stereocenters. The minimum Gasteiger partial charge on any atom is -0.496 e. The highest BCUT2D eigenvalue weighted by molar-refractivity contribution is 6.30. The van der Waals surface area contributed by atoms with Gasteiger partial charge in [-0.3, -0.25) is 4.90 Å². The Morgan fingerprint density at radius 2 is 2.00 bits per heavy atom. The fourth-order valence-electron chi connectivity index (χ4n) is 2.42. The van der Waals surface area contributed by atoms with Gasteiger partial charge in [0.1, 0.15) is 5.75 Å². The second-order valence-corrected chi connectivity index (χ2v) is 5.71. The van der Waals surface area contributed by atoms with Crippen molar-refractivity contribution in [1.29, 1.82) is 0 Å². The van der Waals surface area contributed by atoms with Crippen LogP contribution in [0.3, 0.4) is 0 Å². The van der Waals surface area contributed by atoms with Crippen LogP contribution in [-0.4, -0.2) is 63.2 Å². The van der Waals surface area contributed by atoms with Gasteiger partial charge < -0.3 is 15.0 Å². The van der Waals surface area contributed by atoms with Crippen molar-refractivity contribution < 1.29 is 4.74 Å². The maximum Gasteiger partial charge on any atom is 0.123 e. The standard InChI is InChI=1S/C15H24ClN3O/c1-18-7-9-19(10-8-18)6-5-17-12-13-11-14(16)3-4-15(13)20-2/h3-4,11,17H,5-10,12H2,1-2H3. The maximum atomic E-state index is 6.03. The third-order valence-corrected chi connectivity index (χ3v) is 3.99. The molecule has 0 aromatic heterocycles. The highest BCUT2D eigenvalue weighted by atomic mass is 35.5. The van der Waals surface area contributed by atoms with Crippen LogP contribution in [0.5, 0.6) is 5.75 Å². The lowest BCUT2D eigenvalue weighted by atomic mass is 10.2. The van der Waals surface area contributed by atoms with E-state index in [2.05, 4.69) is 22.2 Å². The molecule has 1 saturated heterocycles. The Morgan fingerprint density at radius 1 is 1.25 bits per heavy atom. The van der Waals surface area contributed by atoms with Gasteiger partial charge in [-0.05, 0) is 25.2 Å². The van der Waals surface area contributed by atoms with E-state index >= 15 is 0 Å². The molecule has 0 radical (unpaired) electrons. The number of rotatable bonds is 6. The molecule has 4 nitrogen and oxygen atoms in total. The molecule has 1 aliphatic rings. The van der Waals surface area contributed by atoms with E-state index in [0.717, 1.165) is 36.0 Å². The first-order valence-electron chi connectivity index (χ1n) is 7.13. The maximum absolute atomic E-state index is 6.03. The number of piperazine rings is 1. The van der Waals surface area contributed by atoms with Crippen LogP contribution < -0.4 is 10.1 Å². The van der Waals surface area contributed by atoms with Crippen molar-refractivity contribution in [2.24, 2.45) is 0 Å². The molecule has 20 heavy (non-hydrogen) atoms. The molecule has 0 spiro atoms. The zero-order valence-electron chi connectivity index (χ0n) is 12.4. The van der Waals surface area contributed by atoms with E-state index in [1.165, 1.54) is 26.2 Å². The zero-order valence-corrected chi connectivity index (χ0v) is 13.1. The summed E-state index contributed by atoms with van der Waals surface area (Å²) < 4.78 is 5.34. The Kier molecular flexibility index (Phi) is 6.10. The normalized spacial score (nSPS) is 17.4. The second-order valence-electron chi connectivity index (χ2n) is 5.28. The molecule has 0 atom stereocenters. The Labute approximate surface area is 126 Å². The van der Waals surface area contributed by atoms with Crippen LogP contribution in [0.15, 0.2) is 18.2 Å². The van der Waals surface area contributed by atoms with Gasteiger partial charge in [0.05, 0.1) is 7.11 Å². The number of halogens is 1. The van der Waals surface area contributed by atoms with E-state index in [-0.39, 0.29) is 0 Å². The van der Waals surface area contributed by atoms with Gasteiger partial charge in [-0.15, -0.1) is 0 Å². The van der Waals surface area contributed by atoms with E-state index < -0.39 is 0 Å². The molecule has 2 rings (SSSR count). The molecule has 0 bridgehead atoms. The number of hydrogen-bond donors (Lipinski definition) is 1. The van der Waals surface area contributed by atoms with Crippen molar-refractivity contribution in [3.8, 4) is 5.75 Å². The summed E-state index contributed by atoms with van der Waals surface area (Å²) in [5.41, 5.74) is 1.11. The predicted molar refractivity (Wildman–Crippen MR) is 83.6 cm³/mol. The average Bonchev–Trinajstić information content (AvgIpc) is 2.46. The highest BCUT2D eigenvalue weighted by Gasteiger charge is 2.12. The van der Waals surface area contributed by atoms with Gasteiger partial charge in [0.25, 0.3) is 0 Å². The van der Waals surface area contributed by atoms with Crippen LogP contribution in [0.25, 0.3) is 0 Å². The Morgan fingerprint density at radius 3 is 2.70 bits per heavy atom. The lowest BCUT2D eigenvalue weighted by molar-refractivity contribution is 0.154. The van der Waals surface area contributed by atoms with Crippen molar-refractivity contribution in [3.63, 3.8) is 0 Å². The molecule has 5 heteroatoms. The third kappa shape index (κ3) is 4.63. The number of benzene rings is 1. The van der Waals surface area contributed by atoms with Crippen LogP contribution >= 0.6 is 11.6 Å². The fourth-order valence-corrected chi connectivity index (χ4v) is 2.61. The van der Waals surface area contributed by atoms with Crippen molar-refractivity contribution >= 4 is 11.6 Å². The molecular formula is C15H24ClN3O. The van der Waals surface area contributed by atoms with Gasteiger partial charge in [0.2, 0.25) is 0 Å². The molecule has 1 aromatic carbocycles. The Bertz CT molecular complexity index is 420. The predicted octanol–water partition coefficient (Wildman–Crippen LogP) is 1.69. The Balaban J connectivity index is 1.72. The number of nitrogens with zero attached hydrogens (tertiary/aromatic N) is 2. The molecule has 1 aromatic rings. The summed E-state index contributed by atoms with van der Waals surface area (Å²) in [4.78, 5) is 4.88. The van der Waals surface area contributed by atoms with Gasteiger partial charge in [-0.25, -0.2) is 0 Å². The fraction of sp³-hybridized carbons (Fsp3) is 0.600. The van der Waals surface area contributed by atoms with Crippen molar-refractivity contribution in [2.75, 3.05) is 53.4 Å². The first-order chi connectivity index (χ1) is 9.69. The SMILES string of the molecule is COc1ccc(Cl)cc1CNCCN1CCN(C)CC1. The minimum absolute atomic E-state index is 0.752. The topological polar surface area (TPSA) is 27.7 Å². The van der Waals surface area contributed by atoms with Crippen LogP contribution in [0.4, 0.5) is 0 Å². The number of ether oxygens (including phenoxy) is 1. The molecule has 0 amide bonds. The molecule has 1 fully saturated rings. The molecule has 1 aliphatic heterocycles. The van der Waals surface area contributed by atoms with Crippen molar-refractivity contribution in [2.45, 2.75) is 6.54 Å². The summed E-state index contributed by atoms with van der Waals surface area (Å²) >= 11 is 6.03. The lowest BCUT2D eigenvalue weighted by Gasteiger charge is -2.32. The molecule has 0 aliphatic carbocycles. The smallest absolute Gasteiger partial charge is 0.123 e. The van der Waals surface area contributed by atoms with Gasteiger partial charge in [0, 0.05) is 56.4 Å². The van der Waals surface area contributed by atoms with Crippen molar-refractivity contribution in [3.05, 3.63) is 28.8 Å². The summed E-state index contributed by atoms with van der Waals surface area (Å²) in [7, 11) is 3.87. The number of hydrogen-bond acceptors (Lipinski definition) is 4. The van der Waals surface area contributed by atoms with Gasteiger partial charge in [-0.2, -0.15) is 0 Å². The third-order valence-electron chi connectivity index (χ3n) is 3.76. The lowest BCUT2D eigenvalue weighted by Crippen LogP contribution is -2.46. The Hall–Kier alpha value is -0.810.